The number of pyridine rings is 1. The van der Waals surface area contributed by atoms with Gasteiger partial charge in [0.1, 0.15) is 11.5 Å². The Kier molecular flexibility index (Phi) is 4.62. The zero-order valence-corrected chi connectivity index (χ0v) is 15.5. The average molecular weight is 359 g/mol. The van der Waals surface area contributed by atoms with E-state index in [4.69, 9.17) is 15.7 Å². The Morgan fingerprint density at radius 1 is 1.24 bits per heavy atom. The van der Waals surface area contributed by atoms with E-state index >= 15 is 0 Å². The van der Waals surface area contributed by atoms with Crippen molar-refractivity contribution in [1.29, 1.82) is 0 Å². The number of imidazole rings is 1. The van der Waals surface area contributed by atoms with Crippen LogP contribution in [-0.4, -0.2) is 33.7 Å². The van der Waals surface area contributed by atoms with Gasteiger partial charge >= 0.3 is 0 Å². The lowest BCUT2D eigenvalue weighted by Gasteiger charge is -2.26. The largest absolute Gasteiger partial charge is 0.497 e. The summed E-state index contributed by atoms with van der Waals surface area (Å²) < 4.78 is 21.5. The smallest absolute Gasteiger partial charge is 0.172 e. The van der Waals surface area contributed by atoms with Crippen LogP contribution in [0.15, 0.2) is 29.6 Å². The molecule has 0 aliphatic heterocycles. The maximum absolute atomic E-state index is 10.9. The molecule has 2 heterocycles. The van der Waals surface area contributed by atoms with Gasteiger partial charge in [0, 0.05) is 35.4 Å². The molecule has 132 valence electrons. The summed E-state index contributed by atoms with van der Waals surface area (Å²) in [4.78, 5) is 12.0. The number of rotatable bonds is 5. The Morgan fingerprint density at radius 2 is 2.00 bits per heavy atom. The third kappa shape index (κ3) is 3.29. The number of aryl methyl sites for hydroxylation is 1. The number of fused-ring (bicyclic) bond motifs is 1. The molecule has 2 N–H and O–H groups in total. The molecule has 0 aliphatic rings. The van der Waals surface area contributed by atoms with Gasteiger partial charge in [-0.3, -0.25) is 4.98 Å². The first-order chi connectivity index (χ1) is 11.9. The van der Waals surface area contributed by atoms with Crippen LogP contribution in [0.3, 0.4) is 0 Å². The van der Waals surface area contributed by atoms with Crippen molar-refractivity contribution < 1.29 is 14.0 Å². The van der Waals surface area contributed by atoms with Gasteiger partial charge in [0.05, 0.1) is 30.9 Å². The van der Waals surface area contributed by atoms with Crippen molar-refractivity contribution in [3.63, 3.8) is 0 Å². The fraction of sp³-hybridized carbons (Fsp3) is 0.278. The monoisotopic (exact) mass is 359 g/mol. The zero-order valence-electron chi connectivity index (χ0n) is 14.7. The molecular weight excluding hydrogens is 338 g/mol. The number of benzene rings is 1. The summed E-state index contributed by atoms with van der Waals surface area (Å²) in [7, 11) is 0.537. The van der Waals surface area contributed by atoms with Crippen molar-refractivity contribution in [3.05, 3.63) is 47.5 Å². The van der Waals surface area contributed by atoms with Crippen molar-refractivity contribution in [2.24, 2.45) is 0 Å². The first-order valence-electron chi connectivity index (χ1n) is 7.70. The average Bonchev–Trinajstić information content (AvgIpc) is 3.02. The van der Waals surface area contributed by atoms with E-state index in [0.717, 1.165) is 27.9 Å². The van der Waals surface area contributed by atoms with Crippen LogP contribution in [-0.2, 0) is 5.75 Å². The van der Waals surface area contributed by atoms with Crippen LogP contribution < -0.4 is 9.47 Å². The molecule has 6 nitrogen and oxygen atoms in total. The number of aromatic amines is 1. The number of ether oxygens (including phenoxy) is 2. The van der Waals surface area contributed by atoms with Gasteiger partial charge in [0.25, 0.3) is 0 Å². The predicted molar refractivity (Wildman–Crippen MR) is 99.4 cm³/mol. The van der Waals surface area contributed by atoms with Crippen LogP contribution in [0.1, 0.15) is 16.8 Å². The minimum atomic E-state index is -2.68. The van der Waals surface area contributed by atoms with Gasteiger partial charge in [-0.1, -0.05) is 10.3 Å². The molecule has 0 saturated heterocycles. The number of aromatic nitrogens is 3. The molecule has 2 radical (unpaired) electrons. The van der Waals surface area contributed by atoms with Gasteiger partial charge in [-0.2, -0.15) is 0 Å². The molecule has 7 heteroatoms. The molecule has 0 bridgehead atoms. The third-order valence-corrected chi connectivity index (χ3v) is 5.69. The Morgan fingerprint density at radius 3 is 2.68 bits per heavy atom. The summed E-state index contributed by atoms with van der Waals surface area (Å²) in [5.74, 6) is 1.65. The van der Waals surface area contributed by atoms with E-state index in [1.807, 2.05) is 32.0 Å². The third-order valence-electron chi connectivity index (χ3n) is 4.11. The fourth-order valence-electron chi connectivity index (χ4n) is 2.75. The molecule has 1 unspecified atom stereocenters. The van der Waals surface area contributed by atoms with Gasteiger partial charge in [0.2, 0.25) is 0 Å². The standard InChI is InChI=1S/C18H21N3O3S/c1-11-9-19-16(12(2)17(11)24-4)10-25(5,22)18-20-14-7-6-13(23-3)8-15(14)21-18/h5-9,22H,10H2,1-4H3,(H,20,21). The Bertz CT molecular complexity index is 921. The topological polar surface area (TPSA) is 80.3 Å². The first kappa shape index (κ1) is 17.6. The second-order valence-electron chi connectivity index (χ2n) is 5.87. The van der Waals surface area contributed by atoms with Gasteiger partial charge in [-0.25, -0.2) is 4.98 Å². The first-order valence-corrected chi connectivity index (χ1v) is 9.52. The normalized spacial score (nSPS) is 15.0. The summed E-state index contributed by atoms with van der Waals surface area (Å²) in [6.45, 7) is 3.84. The zero-order chi connectivity index (χ0) is 18.2. The molecule has 0 saturated carbocycles. The van der Waals surface area contributed by atoms with Crippen LogP contribution in [0.2, 0.25) is 0 Å². The van der Waals surface area contributed by atoms with Crippen molar-refractivity contribution in [1.82, 2.24) is 15.0 Å². The van der Waals surface area contributed by atoms with Crippen molar-refractivity contribution in [3.8, 4) is 11.5 Å². The van der Waals surface area contributed by atoms with Gasteiger partial charge in [-0.15, -0.1) is 0 Å². The number of methoxy groups -OCH3 is 2. The number of hydrogen-bond acceptors (Lipinski definition) is 5. The summed E-state index contributed by atoms with van der Waals surface area (Å²) in [6, 6.07) is 5.45. The van der Waals surface area contributed by atoms with E-state index in [1.54, 1.807) is 20.4 Å². The van der Waals surface area contributed by atoms with Crippen LogP contribution in [0, 0.1) is 20.1 Å². The van der Waals surface area contributed by atoms with Crippen LogP contribution in [0.4, 0.5) is 0 Å². The highest BCUT2D eigenvalue weighted by molar-refractivity contribution is 8.29. The fourth-order valence-corrected chi connectivity index (χ4v) is 4.14. The lowest BCUT2D eigenvalue weighted by Crippen LogP contribution is -2.06. The summed E-state index contributed by atoms with van der Waals surface area (Å²) in [5.41, 5.74) is 3.99. The van der Waals surface area contributed by atoms with Crippen molar-refractivity contribution in [2.45, 2.75) is 24.8 Å². The molecule has 0 amide bonds. The minimum absolute atomic E-state index is 0.187. The van der Waals surface area contributed by atoms with E-state index in [-0.39, 0.29) is 5.75 Å². The molecule has 2 aromatic heterocycles. The van der Waals surface area contributed by atoms with Gasteiger partial charge < -0.3 is 19.0 Å². The minimum Gasteiger partial charge on any atom is -0.497 e. The lowest BCUT2D eigenvalue weighted by atomic mass is 10.1. The Hall–Kier alpha value is -2.25. The number of H-pyrrole nitrogens is 1. The van der Waals surface area contributed by atoms with E-state index in [2.05, 4.69) is 15.0 Å². The second kappa shape index (κ2) is 6.57. The van der Waals surface area contributed by atoms with Gasteiger partial charge in [-0.05, 0) is 26.0 Å². The quantitative estimate of drug-likeness (QED) is 0.717. The number of hydrogen-bond donors (Lipinski definition) is 2. The molecular formula is C18H21N3O3S. The molecule has 0 fully saturated rings. The molecule has 25 heavy (non-hydrogen) atoms. The summed E-state index contributed by atoms with van der Waals surface area (Å²) >= 11 is 0. The number of nitrogens with one attached hydrogen (secondary N) is 1. The predicted octanol–water partition coefficient (Wildman–Crippen LogP) is 4.10. The molecule has 0 spiro atoms. The molecule has 3 aromatic rings. The van der Waals surface area contributed by atoms with E-state index < -0.39 is 10.3 Å². The van der Waals surface area contributed by atoms with Crippen molar-refractivity contribution >= 4 is 21.3 Å². The van der Waals surface area contributed by atoms with E-state index in [0.29, 0.717) is 16.6 Å². The van der Waals surface area contributed by atoms with Crippen LogP contribution in [0.5, 0.6) is 11.5 Å². The highest BCUT2D eigenvalue weighted by Gasteiger charge is 2.25. The molecule has 3 rings (SSSR count). The summed E-state index contributed by atoms with van der Waals surface area (Å²) in [6.07, 6.45) is 7.96. The Balaban J connectivity index is 1.97. The molecule has 1 atom stereocenters. The second-order valence-corrected chi connectivity index (χ2v) is 8.05. The molecule has 1 aromatic carbocycles. The van der Waals surface area contributed by atoms with E-state index in [1.165, 1.54) is 0 Å². The highest BCUT2D eigenvalue weighted by Crippen LogP contribution is 2.52. The number of nitrogens with zero attached hydrogens (tertiary/aromatic N) is 2. The SMILES string of the molecule is [CH]S(O)(Cc1ncc(C)c(OC)c1C)c1nc2ccc(OC)cc2[nH]1. The molecule has 0 aliphatic carbocycles. The highest BCUT2D eigenvalue weighted by atomic mass is 32.3. The maximum atomic E-state index is 10.9. The maximum Gasteiger partial charge on any atom is 0.172 e. The van der Waals surface area contributed by atoms with Gasteiger partial charge in [0.15, 0.2) is 5.16 Å². The van der Waals surface area contributed by atoms with Crippen LogP contribution >= 0.6 is 10.3 Å². The Labute approximate surface area is 148 Å². The van der Waals surface area contributed by atoms with Crippen LogP contribution in [0.25, 0.3) is 11.0 Å². The van der Waals surface area contributed by atoms with Crippen molar-refractivity contribution in [2.75, 3.05) is 14.2 Å². The summed E-state index contributed by atoms with van der Waals surface area (Å²) in [5, 5.41) is 0.358. The lowest BCUT2D eigenvalue weighted by molar-refractivity contribution is 0.407. The van der Waals surface area contributed by atoms with E-state index in [9.17, 15) is 4.55 Å².